The summed E-state index contributed by atoms with van der Waals surface area (Å²) >= 11 is 0. The van der Waals surface area contributed by atoms with Crippen LogP contribution in [0.3, 0.4) is 0 Å². The van der Waals surface area contributed by atoms with Crippen LogP contribution >= 0.6 is 0 Å². The third kappa shape index (κ3) is 2.45. The average Bonchev–Trinajstić information content (AvgIpc) is 2.04. The zero-order valence-electron chi connectivity index (χ0n) is 8.96. The van der Waals surface area contributed by atoms with Crippen molar-refractivity contribution in [2.24, 2.45) is 0 Å². The van der Waals surface area contributed by atoms with E-state index in [0.717, 1.165) is 0 Å². The minimum absolute atomic E-state index is 0.232. The highest BCUT2D eigenvalue weighted by Gasteiger charge is 2.15. The monoisotopic (exact) mass is 174 g/mol. The first kappa shape index (κ1) is 10.0. The van der Waals surface area contributed by atoms with Gasteiger partial charge in [-0.2, -0.15) is 0 Å². The lowest BCUT2D eigenvalue weighted by atomic mass is 9.84. The second-order valence-corrected chi connectivity index (χ2v) is 4.34. The van der Waals surface area contributed by atoms with Crippen LogP contribution in [0.1, 0.15) is 38.8 Å². The molecule has 0 unspecified atom stereocenters. The Kier molecular flexibility index (Phi) is 2.92. The van der Waals surface area contributed by atoms with Gasteiger partial charge in [0.1, 0.15) is 0 Å². The first-order valence-electron chi connectivity index (χ1n) is 4.78. The van der Waals surface area contributed by atoms with Crippen LogP contribution in [0.25, 0.3) is 6.08 Å². The van der Waals surface area contributed by atoms with E-state index in [1.165, 1.54) is 11.1 Å². The molecule has 0 saturated carbocycles. The lowest BCUT2D eigenvalue weighted by Crippen LogP contribution is -2.12. The van der Waals surface area contributed by atoms with E-state index in [1.807, 2.05) is 0 Å². The minimum Gasteiger partial charge on any atom is -0.0871 e. The summed E-state index contributed by atoms with van der Waals surface area (Å²) < 4.78 is 0. The summed E-state index contributed by atoms with van der Waals surface area (Å²) in [5, 5.41) is 0. The van der Waals surface area contributed by atoms with Gasteiger partial charge in [-0.05, 0) is 23.5 Å². The maximum atomic E-state index is 2.25. The highest BCUT2D eigenvalue weighted by Crippen LogP contribution is 2.26. The van der Waals surface area contributed by atoms with Gasteiger partial charge in [0.05, 0.1) is 0 Å². The lowest BCUT2D eigenvalue weighted by Gasteiger charge is -2.21. The largest absolute Gasteiger partial charge is 0.0871 e. The predicted molar refractivity (Wildman–Crippen MR) is 59.9 cm³/mol. The van der Waals surface area contributed by atoms with Crippen LogP contribution < -0.4 is 0 Å². The minimum atomic E-state index is 0.232. The van der Waals surface area contributed by atoms with Crippen LogP contribution in [0, 0.1) is 0 Å². The van der Waals surface area contributed by atoms with Crippen LogP contribution in [0.15, 0.2) is 30.3 Å². The predicted octanol–water partition coefficient (Wildman–Crippen LogP) is 4.02. The standard InChI is InChI=1S/C13H18/c1-5-8-11-9-6-7-10-12(11)13(2,3)4/h5-10H,1-4H3/b8-5-. The number of hydrogen-bond acceptors (Lipinski definition) is 0. The van der Waals surface area contributed by atoms with Gasteiger partial charge in [0, 0.05) is 0 Å². The van der Waals surface area contributed by atoms with Gasteiger partial charge in [-0.15, -0.1) is 0 Å². The molecule has 0 aliphatic rings. The second-order valence-electron chi connectivity index (χ2n) is 4.34. The molecule has 0 aliphatic carbocycles. The van der Waals surface area contributed by atoms with Crippen molar-refractivity contribution in [2.45, 2.75) is 33.1 Å². The molecular weight excluding hydrogens is 156 g/mol. The lowest BCUT2D eigenvalue weighted by molar-refractivity contribution is 0.589. The van der Waals surface area contributed by atoms with E-state index >= 15 is 0 Å². The molecular formula is C13H18. The van der Waals surface area contributed by atoms with E-state index in [0.29, 0.717) is 0 Å². The van der Waals surface area contributed by atoms with Crippen molar-refractivity contribution in [1.82, 2.24) is 0 Å². The Morgan fingerprint density at radius 2 is 1.69 bits per heavy atom. The molecule has 70 valence electrons. The maximum Gasteiger partial charge on any atom is -0.0126 e. The Morgan fingerprint density at radius 3 is 2.23 bits per heavy atom. The molecule has 0 saturated heterocycles. The Hall–Kier alpha value is -1.04. The van der Waals surface area contributed by atoms with Gasteiger partial charge >= 0.3 is 0 Å². The van der Waals surface area contributed by atoms with Gasteiger partial charge in [-0.25, -0.2) is 0 Å². The molecule has 0 heteroatoms. The number of hydrogen-bond donors (Lipinski definition) is 0. The Labute approximate surface area is 81.3 Å². The Bertz CT molecular complexity index is 300. The Morgan fingerprint density at radius 1 is 1.08 bits per heavy atom. The molecule has 0 fully saturated rings. The van der Waals surface area contributed by atoms with Crippen molar-refractivity contribution >= 4 is 6.08 Å². The van der Waals surface area contributed by atoms with Crippen LogP contribution in [-0.2, 0) is 5.41 Å². The molecule has 0 bridgehead atoms. The van der Waals surface area contributed by atoms with E-state index in [2.05, 4.69) is 64.1 Å². The van der Waals surface area contributed by atoms with Gasteiger partial charge in [0.2, 0.25) is 0 Å². The number of allylic oxidation sites excluding steroid dienone is 1. The molecule has 0 N–H and O–H groups in total. The molecule has 0 spiro atoms. The summed E-state index contributed by atoms with van der Waals surface area (Å²) in [6, 6.07) is 8.56. The first-order valence-corrected chi connectivity index (χ1v) is 4.78. The van der Waals surface area contributed by atoms with Crippen molar-refractivity contribution in [3.63, 3.8) is 0 Å². The molecule has 13 heavy (non-hydrogen) atoms. The fourth-order valence-corrected chi connectivity index (χ4v) is 1.50. The van der Waals surface area contributed by atoms with Crippen molar-refractivity contribution in [3.05, 3.63) is 41.5 Å². The van der Waals surface area contributed by atoms with Crippen molar-refractivity contribution in [3.8, 4) is 0 Å². The van der Waals surface area contributed by atoms with Gasteiger partial charge in [0.25, 0.3) is 0 Å². The van der Waals surface area contributed by atoms with E-state index in [9.17, 15) is 0 Å². The van der Waals surface area contributed by atoms with Crippen molar-refractivity contribution < 1.29 is 0 Å². The zero-order valence-corrected chi connectivity index (χ0v) is 8.96. The highest BCUT2D eigenvalue weighted by molar-refractivity contribution is 5.55. The molecule has 0 atom stereocenters. The van der Waals surface area contributed by atoms with E-state index in [1.54, 1.807) is 0 Å². The molecule has 1 rings (SSSR count). The van der Waals surface area contributed by atoms with Crippen LogP contribution in [0.5, 0.6) is 0 Å². The molecule has 0 aromatic heterocycles. The van der Waals surface area contributed by atoms with E-state index < -0.39 is 0 Å². The molecule has 0 amide bonds. The van der Waals surface area contributed by atoms with Gasteiger partial charge in [-0.1, -0.05) is 57.2 Å². The highest BCUT2D eigenvalue weighted by atomic mass is 14.2. The average molecular weight is 174 g/mol. The summed E-state index contributed by atoms with van der Waals surface area (Å²) in [6.45, 7) is 8.79. The summed E-state index contributed by atoms with van der Waals surface area (Å²) in [5.74, 6) is 0. The maximum absolute atomic E-state index is 2.25. The fourth-order valence-electron chi connectivity index (χ4n) is 1.50. The van der Waals surface area contributed by atoms with Gasteiger partial charge in [-0.3, -0.25) is 0 Å². The third-order valence-corrected chi connectivity index (χ3v) is 2.12. The topological polar surface area (TPSA) is 0 Å². The van der Waals surface area contributed by atoms with Crippen LogP contribution in [0.2, 0.25) is 0 Å². The van der Waals surface area contributed by atoms with Gasteiger partial charge in [0.15, 0.2) is 0 Å². The SMILES string of the molecule is C/C=C\c1ccccc1C(C)(C)C. The molecule has 0 aliphatic heterocycles. The van der Waals surface area contributed by atoms with Crippen LogP contribution in [0.4, 0.5) is 0 Å². The molecule has 0 heterocycles. The Balaban J connectivity index is 3.20. The normalized spacial score (nSPS) is 12.3. The molecule has 1 aromatic carbocycles. The summed E-state index contributed by atoms with van der Waals surface area (Å²) in [6.07, 6.45) is 4.26. The fraction of sp³-hybridized carbons (Fsp3) is 0.385. The first-order chi connectivity index (χ1) is 6.05. The van der Waals surface area contributed by atoms with Crippen molar-refractivity contribution in [2.75, 3.05) is 0 Å². The second kappa shape index (κ2) is 3.78. The molecule has 0 nitrogen and oxygen atoms in total. The quantitative estimate of drug-likeness (QED) is 0.603. The smallest absolute Gasteiger partial charge is 0.0126 e. The van der Waals surface area contributed by atoms with E-state index in [-0.39, 0.29) is 5.41 Å². The number of benzene rings is 1. The van der Waals surface area contributed by atoms with Crippen LogP contribution in [-0.4, -0.2) is 0 Å². The number of rotatable bonds is 1. The molecule has 1 aromatic rings. The van der Waals surface area contributed by atoms with Gasteiger partial charge < -0.3 is 0 Å². The molecule has 0 radical (unpaired) electrons. The van der Waals surface area contributed by atoms with Crippen molar-refractivity contribution in [1.29, 1.82) is 0 Å². The summed E-state index contributed by atoms with van der Waals surface area (Å²) in [4.78, 5) is 0. The summed E-state index contributed by atoms with van der Waals surface area (Å²) in [5.41, 5.74) is 2.97. The third-order valence-electron chi connectivity index (χ3n) is 2.12. The van der Waals surface area contributed by atoms with E-state index in [4.69, 9.17) is 0 Å². The zero-order chi connectivity index (χ0) is 9.90. The summed E-state index contributed by atoms with van der Waals surface area (Å²) in [7, 11) is 0.